The summed E-state index contributed by atoms with van der Waals surface area (Å²) < 4.78 is 10.9. The van der Waals surface area contributed by atoms with Gasteiger partial charge in [0, 0.05) is 31.7 Å². The van der Waals surface area contributed by atoms with Gasteiger partial charge in [-0.2, -0.15) is 0 Å². The molecule has 160 valence electrons. The largest absolute Gasteiger partial charge is 0.451 e. The standard InChI is InChI=1S/C23H28N2O4S/c26-21(24-10-6-1-2-7-11-24)17-29-23(27)20-16-19(18-8-4-3-5-9-18)22(30-20)25-12-14-28-15-13-25/h3-5,8-9,16H,1-2,6-7,10-15,17H2. The minimum atomic E-state index is -0.431. The third-order valence-electron chi connectivity index (χ3n) is 5.58. The van der Waals surface area contributed by atoms with Crippen LogP contribution in [0.3, 0.4) is 0 Å². The maximum Gasteiger partial charge on any atom is 0.348 e. The molecule has 4 rings (SSSR count). The lowest BCUT2D eigenvalue weighted by molar-refractivity contribution is -0.134. The van der Waals surface area contributed by atoms with Crippen LogP contribution in [-0.2, 0) is 14.3 Å². The van der Waals surface area contributed by atoms with Crippen molar-refractivity contribution in [2.45, 2.75) is 25.7 Å². The number of nitrogens with zero attached hydrogens (tertiary/aromatic N) is 2. The van der Waals surface area contributed by atoms with Gasteiger partial charge in [-0.15, -0.1) is 11.3 Å². The maximum absolute atomic E-state index is 12.8. The van der Waals surface area contributed by atoms with Crippen molar-refractivity contribution in [2.75, 3.05) is 50.9 Å². The Hall–Kier alpha value is -2.38. The van der Waals surface area contributed by atoms with Crippen molar-refractivity contribution < 1.29 is 19.1 Å². The number of likely N-dealkylation sites (tertiary alicyclic amines) is 1. The van der Waals surface area contributed by atoms with E-state index in [9.17, 15) is 9.59 Å². The number of anilines is 1. The Balaban J connectivity index is 1.48. The van der Waals surface area contributed by atoms with Crippen molar-refractivity contribution in [3.05, 3.63) is 41.3 Å². The molecule has 1 amide bonds. The number of ether oxygens (including phenoxy) is 2. The minimum absolute atomic E-state index is 0.0986. The second-order valence-electron chi connectivity index (χ2n) is 7.67. The van der Waals surface area contributed by atoms with Crippen molar-refractivity contribution in [3.8, 4) is 11.1 Å². The number of rotatable bonds is 5. The fourth-order valence-corrected chi connectivity index (χ4v) is 5.04. The lowest BCUT2D eigenvalue weighted by Gasteiger charge is -2.28. The van der Waals surface area contributed by atoms with E-state index >= 15 is 0 Å². The van der Waals surface area contributed by atoms with Crippen molar-refractivity contribution in [3.63, 3.8) is 0 Å². The molecular weight excluding hydrogens is 400 g/mol. The van der Waals surface area contributed by atoms with Gasteiger partial charge in [-0.1, -0.05) is 43.2 Å². The first kappa shape index (κ1) is 20.9. The lowest BCUT2D eigenvalue weighted by atomic mass is 10.1. The molecule has 0 N–H and O–H groups in total. The summed E-state index contributed by atoms with van der Waals surface area (Å²) in [7, 11) is 0. The van der Waals surface area contributed by atoms with Crippen molar-refractivity contribution >= 4 is 28.2 Å². The average Bonchev–Trinajstić information content (AvgIpc) is 3.06. The number of morpholine rings is 1. The first-order valence-electron chi connectivity index (χ1n) is 10.7. The number of hydrogen-bond donors (Lipinski definition) is 0. The van der Waals surface area contributed by atoms with E-state index in [1.807, 2.05) is 41.3 Å². The summed E-state index contributed by atoms with van der Waals surface area (Å²) in [6.07, 6.45) is 4.36. The van der Waals surface area contributed by atoms with Crippen LogP contribution in [0.2, 0.25) is 0 Å². The fraction of sp³-hybridized carbons (Fsp3) is 0.478. The van der Waals surface area contributed by atoms with E-state index in [4.69, 9.17) is 9.47 Å². The molecule has 0 aliphatic carbocycles. The zero-order valence-corrected chi connectivity index (χ0v) is 18.0. The number of carbonyl (C=O) groups excluding carboxylic acids is 2. The van der Waals surface area contributed by atoms with Gasteiger partial charge in [-0.05, 0) is 24.5 Å². The van der Waals surface area contributed by atoms with E-state index in [1.165, 1.54) is 11.3 Å². The third kappa shape index (κ3) is 5.02. The Labute approximate surface area is 181 Å². The lowest BCUT2D eigenvalue weighted by Crippen LogP contribution is -2.36. The van der Waals surface area contributed by atoms with Crippen molar-refractivity contribution in [2.24, 2.45) is 0 Å². The highest BCUT2D eigenvalue weighted by molar-refractivity contribution is 7.18. The Morgan fingerprint density at radius 1 is 0.967 bits per heavy atom. The van der Waals surface area contributed by atoms with Crippen LogP contribution in [0.5, 0.6) is 0 Å². The van der Waals surface area contributed by atoms with Gasteiger partial charge in [0.15, 0.2) is 6.61 Å². The smallest absolute Gasteiger partial charge is 0.348 e. The zero-order chi connectivity index (χ0) is 20.8. The first-order chi connectivity index (χ1) is 14.7. The molecule has 0 radical (unpaired) electrons. The summed E-state index contributed by atoms with van der Waals surface area (Å²) in [5, 5.41) is 1.05. The van der Waals surface area contributed by atoms with Crippen molar-refractivity contribution in [1.29, 1.82) is 0 Å². The molecule has 2 aromatic rings. The maximum atomic E-state index is 12.8. The number of carbonyl (C=O) groups is 2. The molecule has 1 aromatic heterocycles. The summed E-state index contributed by atoms with van der Waals surface area (Å²) in [5.41, 5.74) is 2.09. The quantitative estimate of drug-likeness (QED) is 0.678. The Morgan fingerprint density at radius 3 is 2.37 bits per heavy atom. The van der Waals surface area contributed by atoms with Crippen LogP contribution in [-0.4, -0.2) is 62.8 Å². The highest BCUT2D eigenvalue weighted by Gasteiger charge is 2.24. The van der Waals surface area contributed by atoms with Crippen LogP contribution in [0, 0.1) is 0 Å². The van der Waals surface area contributed by atoms with Gasteiger partial charge in [0.25, 0.3) is 5.91 Å². The molecule has 2 fully saturated rings. The van der Waals surface area contributed by atoms with Gasteiger partial charge in [0.1, 0.15) is 4.88 Å². The Morgan fingerprint density at radius 2 is 1.67 bits per heavy atom. The van der Waals surface area contributed by atoms with Gasteiger partial charge in [0.05, 0.1) is 18.2 Å². The van der Waals surface area contributed by atoms with E-state index in [1.54, 1.807) is 0 Å². The van der Waals surface area contributed by atoms with Gasteiger partial charge >= 0.3 is 5.97 Å². The van der Waals surface area contributed by atoms with E-state index in [-0.39, 0.29) is 12.5 Å². The van der Waals surface area contributed by atoms with E-state index in [0.29, 0.717) is 18.1 Å². The summed E-state index contributed by atoms with van der Waals surface area (Å²) in [6.45, 7) is 4.27. The second kappa shape index (κ2) is 10.1. The predicted molar refractivity (Wildman–Crippen MR) is 118 cm³/mol. The number of esters is 1. The summed E-state index contributed by atoms with van der Waals surface area (Å²) in [4.78, 5) is 29.8. The molecule has 6 nitrogen and oxygen atoms in total. The second-order valence-corrected chi connectivity index (χ2v) is 8.70. The fourth-order valence-electron chi connectivity index (χ4n) is 3.92. The van der Waals surface area contributed by atoms with Crippen LogP contribution in [0.1, 0.15) is 35.4 Å². The molecule has 2 aliphatic heterocycles. The highest BCUT2D eigenvalue weighted by atomic mass is 32.1. The molecular formula is C23H28N2O4S. The first-order valence-corrected chi connectivity index (χ1v) is 11.5. The molecule has 0 unspecified atom stereocenters. The molecule has 0 saturated carbocycles. The molecule has 0 bridgehead atoms. The average molecular weight is 429 g/mol. The minimum Gasteiger partial charge on any atom is -0.451 e. The van der Waals surface area contributed by atoms with Gasteiger partial charge in [-0.3, -0.25) is 4.79 Å². The zero-order valence-electron chi connectivity index (χ0n) is 17.2. The SMILES string of the molecule is O=C(OCC(=O)N1CCCCCC1)c1cc(-c2ccccc2)c(N2CCOCC2)s1. The molecule has 7 heteroatoms. The van der Waals surface area contributed by atoms with Crippen LogP contribution in [0.15, 0.2) is 36.4 Å². The van der Waals surface area contributed by atoms with E-state index < -0.39 is 5.97 Å². The Kier molecular flexibility index (Phi) is 7.02. The summed E-state index contributed by atoms with van der Waals surface area (Å²) in [6, 6.07) is 12.0. The number of benzene rings is 1. The van der Waals surface area contributed by atoms with E-state index in [2.05, 4.69) is 4.90 Å². The van der Waals surface area contributed by atoms with Crippen LogP contribution in [0.25, 0.3) is 11.1 Å². The van der Waals surface area contributed by atoms with Crippen LogP contribution < -0.4 is 4.90 Å². The predicted octanol–water partition coefficient (Wildman–Crippen LogP) is 3.81. The topological polar surface area (TPSA) is 59.1 Å². The monoisotopic (exact) mass is 428 g/mol. The van der Waals surface area contributed by atoms with Gasteiger partial charge < -0.3 is 19.3 Å². The summed E-state index contributed by atoms with van der Waals surface area (Å²) >= 11 is 1.43. The molecule has 1 aromatic carbocycles. The van der Waals surface area contributed by atoms with E-state index in [0.717, 1.165) is 68.0 Å². The molecule has 3 heterocycles. The number of thiophene rings is 1. The molecule has 0 atom stereocenters. The van der Waals surface area contributed by atoms with Gasteiger partial charge in [0.2, 0.25) is 0 Å². The highest BCUT2D eigenvalue weighted by Crippen LogP contribution is 2.39. The van der Waals surface area contributed by atoms with Crippen molar-refractivity contribution in [1.82, 2.24) is 4.90 Å². The molecule has 2 aliphatic rings. The third-order valence-corrected chi connectivity index (χ3v) is 6.76. The normalized spacial score (nSPS) is 17.5. The number of amides is 1. The van der Waals surface area contributed by atoms with Gasteiger partial charge in [-0.25, -0.2) is 4.79 Å². The number of hydrogen-bond acceptors (Lipinski definition) is 6. The summed E-state index contributed by atoms with van der Waals surface area (Å²) in [5.74, 6) is -0.529. The van der Waals surface area contributed by atoms with Crippen LogP contribution >= 0.6 is 11.3 Å². The molecule has 30 heavy (non-hydrogen) atoms. The Bertz CT molecular complexity index is 853. The molecule has 0 spiro atoms. The molecule has 2 saturated heterocycles. The van der Waals surface area contributed by atoms with Crippen LogP contribution in [0.4, 0.5) is 5.00 Å².